The van der Waals surface area contributed by atoms with E-state index in [1.54, 1.807) is 0 Å². The van der Waals surface area contributed by atoms with Crippen molar-refractivity contribution in [2.45, 2.75) is 48.0 Å². The Bertz CT molecular complexity index is 54.9. The molecule has 1 heterocycles. The number of hydrogen-bond donors (Lipinski definition) is 0. The normalized spacial score (nSPS) is 11.5. The molecule has 0 saturated carbocycles. The van der Waals surface area contributed by atoms with E-state index in [-0.39, 0.29) is 0 Å². The van der Waals surface area contributed by atoms with Crippen LogP contribution >= 0.6 is 0 Å². The van der Waals surface area contributed by atoms with Crippen LogP contribution in [0.25, 0.3) is 0 Å². The van der Waals surface area contributed by atoms with Gasteiger partial charge in [0.25, 0.3) is 0 Å². The zero-order valence-corrected chi connectivity index (χ0v) is 9.55. The minimum absolute atomic E-state index is 0.851. The summed E-state index contributed by atoms with van der Waals surface area (Å²) < 4.78 is 4.78. The Balaban J connectivity index is -0.000000117. The summed E-state index contributed by atoms with van der Waals surface area (Å²) in [6.07, 6.45) is 2.60. The van der Waals surface area contributed by atoms with Crippen LogP contribution in [-0.4, -0.2) is 19.6 Å². The lowest BCUT2D eigenvalue weighted by atomic mass is 10.4. The Hall–Kier alpha value is -0.530. The van der Waals surface area contributed by atoms with Gasteiger partial charge in [-0.1, -0.05) is 41.5 Å². The largest absolute Gasteiger partial charge is 0.483 e. The Morgan fingerprint density at radius 1 is 1.00 bits per heavy atom. The molecule has 2 heteroatoms. The van der Waals surface area contributed by atoms with Crippen LogP contribution in [0.5, 0.6) is 0 Å². The third-order valence-corrected chi connectivity index (χ3v) is 0.698. The molecule has 0 amide bonds. The second kappa shape index (κ2) is 31.4. The first-order valence-electron chi connectivity index (χ1n) is 5.10. The number of nitrogens with zero attached hydrogens (tertiary/aromatic N) is 1. The van der Waals surface area contributed by atoms with Crippen LogP contribution in [0.15, 0.2) is 4.99 Å². The van der Waals surface area contributed by atoms with E-state index >= 15 is 0 Å². The Morgan fingerprint density at radius 3 is 1.58 bits per heavy atom. The van der Waals surface area contributed by atoms with E-state index in [0.717, 1.165) is 19.6 Å². The molecule has 0 spiro atoms. The quantitative estimate of drug-likeness (QED) is 0.552. The van der Waals surface area contributed by atoms with Gasteiger partial charge in [0.15, 0.2) is 6.40 Å². The molecule has 0 aromatic heterocycles. The second-order valence-electron chi connectivity index (χ2n) is 1.24. The van der Waals surface area contributed by atoms with Gasteiger partial charge >= 0.3 is 0 Å². The van der Waals surface area contributed by atoms with Crippen LogP contribution in [0.4, 0.5) is 0 Å². The van der Waals surface area contributed by atoms with Gasteiger partial charge in [-0.3, -0.25) is 4.99 Å². The Kier molecular flexibility index (Phi) is 45.8. The first kappa shape index (κ1) is 17.5. The van der Waals surface area contributed by atoms with Gasteiger partial charge in [0.1, 0.15) is 0 Å². The molecule has 76 valence electrons. The van der Waals surface area contributed by atoms with E-state index in [4.69, 9.17) is 4.74 Å². The van der Waals surface area contributed by atoms with Crippen molar-refractivity contribution >= 4 is 6.40 Å². The maximum Gasteiger partial charge on any atom is 0.169 e. The predicted molar refractivity (Wildman–Crippen MR) is 58.0 cm³/mol. The molecule has 0 aliphatic carbocycles. The maximum absolute atomic E-state index is 4.78. The SMILES string of the molecule is C1=NCCCO1.CC.CC.CC. The molecule has 12 heavy (non-hydrogen) atoms. The highest BCUT2D eigenvalue weighted by Crippen LogP contribution is 1.86. The molecule has 0 aromatic rings. The van der Waals surface area contributed by atoms with Gasteiger partial charge in [0.2, 0.25) is 0 Å². The van der Waals surface area contributed by atoms with Gasteiger partial charge in [0.05, 0.1) is 6.61 Å². The van der Waals surface area contributed by atoms with Crippen molar-refractivity contribution in [3.05, 3.63) is 0 Å². The summed E-state index contributed by atoms with van der Waals surface area (Å²) in [5.74, 6) is 0. The number of rotatable bonds is 0. The van der Waals surface area contributed by atoms with Gasteiger partial charge in [-0.05, 0) is 0 Å². The summed E-state index contributed by atoms with van der Waals surface area (Å²) in [6.45, 7) is 13.8. The summed E-state index contributed by atoms with van der Waals surface area (Å²) in [6, 6.07) is 0. The van der Waals surface area contributed by atoms with Crippen molar-refractivity contribution in [3.8, 4) is 0 Å². The summed E-state index contributed by atoms with van der Waals surface area (Å²) >= 11 is 0. The van der Waals surface area contributed by atoms with Crippen LogP contribution in [0, 0.1) is 0 Å². The molecule has 0 saturated heterocycles. The molecule has 1 aliphatic rings. The molecule has 0 radical (unpaired) electrons. The van der Waals surface area contributed by atoms with Crippen molar-refractivity contribution in [3.63, 3.8) is 0 Å². The minimum atomic E-state index is 0.851. The summed E-state index contributed by atoms with van der Waals surface area (Å²) in [5.41, 5.74) is 0. The molecule has 0 bridgehead atoms. The Morgan fingerprint density at radius 2 is 1.50 bits per heavy atom. The van der Waals surface area contributed by atoms with Crippen LogP contribution in [-0.2, 0) is 4.74 Å². The summed E-state index contributed by atoms with van der Waals surface area (Å²) in [5, 5.41) is 0. The lowest BCUT2D eigenvalue weighted by molar-refractivity contribution is 0.298. The number of ether oxygens (including phenoxy) is 1. The van der Waals surface area contributed by atoms with E-state index in [0.29, 0.717) is 0 Å². The molecule has 0 unspecified atom stereocenters. The number of hydrogen-bond acceptors (Lipinski definition) is 2. The van der Waals surface area contributed by atoms with Crippen molar-refractivity contribution in [1.29, 1.82) is 0 Å². The first-order valence-corrected chi connectivity index (χ1v) is 5.10. The smallest absolute Gasteiger partial charge is 0.169 e. The molecule has 0 fully saturated rings. The van der Waals surface area contributed by atoms with E-state index in [1.165, 1.54) is 6.40 Å². The maximum atomic E-state index is 4.78. The third-order valence-electron chi connectivity index (χ3n) is 0.698. The fourth-order valence-electron chi connectivity index (χ4n) is 0.397. The van der Waals surface area contributed by atoms with Crippen molar-refractivity contribution in [2.24, 2.45) is 4.99 Å². The highest BCUT2D eigenvalue weighted by atomic mass is 16.5. The molecular formula is C10H25NO. The molecule has 0 N–H and O–H groups in total. The van der Waals surface area contributed by atoms with Crippen LogP contribution in [0.1, 0.15) is 48.0 Å². The van der Waals surface area contributed by atoms with Gasteiger partial charge in [0, 0.05) is 13.0 Å². The monoisotopic (exact) mass is 175 g/mol. The molecule has 1 aliphatic heterocycles. The summed E-state index contributed by atoms with van der Waals surface area (Å²) in [4.78, 5) is 3.83. The highest BCUT2D eigenvalue weighted by molar-refractivity contribution is 5.46. The molecule has 2 nitrogen and oxygen atoms in total. The summed E-state index contributed by atoms with van der Waals surface area (Å²) in [7, 11) is 0. The standard InChI is InChI=1S/C4H7NO.3C2H6/c1-2-5-4-6-3-1;3*1-2/h4H,1-3H2;3*1-2H3. The average Bonchev–Trinajstić information content (AvgIpc) is 2.29. The fourth-order valence-corrected chi connectivity index (χ4v) is 0.397. The fraction of sp³-hybridized carbons (Fsp3) is 0.900. The molecule has 1 rings (SSSR count). The van der Waals surface area contributed by atoms with Crippen molar-refractivity contribution in [1.82, 2.24) is 0 Å². The third kappa shape index (κ3) is 22.7. The lowest BCUT2D eigenvalue weighted by Crippen LogP contribution is -2.00. The van der Waals surface area contributed by atoms with Gasteiger partial charge in [-0.2, -0.15) is 0 Å². The van der Waals surface area contributed by atoms with E-state index in [2.05, 4.69) is 4.99 Å². The van der Waals surface area contributed by atoms with E-state index in [9.17, 15) is 0 Å². The van der Waals surface area contributed by atoms with Crippen molar-refractivity contribution < 1.29 is 4.74 Å². The van der Waals surface area contributed by atoms with Crippen molar-refractivity contribution in [2.75, 3.05) is 13.2 Å². The van der Waals surface area contributed by atoms with E-state index < -0.39 is 0 Å². The lowest BCUT2D eigenvalue weighted by Gasteiger charge is -2.01. The molecular weight excluding hydrogens is 150 g/mol. The van der Waals surface area contributed by atoms with E-state index in [1.807, 2.05) is 41.5 Å². The topological polar surface area (TPSA) is 21.6 Å². The zero-order valence-electron chi connectivity index (χ0n) is 9.55. The Labute approximate surface area is 78.0 Å². The first-order chi connectivity index (χ1) is 6.00. The highest BCUT2D eigenvalue weighted by Gasteiger charge is 1.87. The van der Waals surface area contributed by atoms with Crippen LogP contribution in [0.2, 0.25) is 0 Å². The van der Waals surface area contributed by atoms with Gasteiger partial charge in [-0.25, -0.2) is 0 Å². The number of aliphatic imine (C=N–C) groups is 1. The zero-order chi connectivity index (χ0) is 10.2. The minimum Gasteiger partial charge on any atom is -0.483 e. The van der Waals surface area contributed by atoms with Crippen LogP contribution < -0.4 is 0 Å². The van der Waals surface area contributed by atoms with Gasteiger partial charge < -0.3 is 4.74 Å². The molecule has 0 aromatic carbocycles. The average molecular weight is 175 g/mol. The van der Waals surface area contributed by atoms with Gasteiger partial charge in [-0.15, -0.1) is 0 Å². The second-order valence-corrected chi connectivity index (χ2v) is 1.24. The molecule has 0 atom stereocenters. The van der Waals surface area contributed by atoms with Crippen LogP contribution in [0.3, 0.4) is 0 Å². The predicted octanol–water partition coefficient (Wildman–Crippen LogP) is 3.51.